The van der Waals surface area contributed by atoms with Crippen molar-refractivity contribution in [1.82, 2.24) is 5.32 Å². The lowest BCUT2D eigenvalue weighted by Gasteiger charge is -2.31. The average molecular weight is 429 g/mol. The van der Waals surface area contributed by atoms with E-state index in [4.69, 9.17) is 5.73 Å². The molecule has 4 nitrogen and oxygen atoms in total. The largest absolute Gasteiger partial charge is 0.368 e. The summed E-state index contributed by atoms with van der Waals surface area (Å²) in [7, 11) is 0. The zero-order valence-corrected chi connectivity index (χ0v) is 19.3. The Bertz CT molecular complexity index is 1010. The molecule has 0 aromatic heterocycles. The lowest BCUT2D eigenvalue weighted by atomic mass is 9.75. The lowest BCUT2D eigenvalue weighted by molar-refractivity contribution is -0.129. The summed E-state index contributed by atoms with van der Waals surface area (Å²) in [5.74, 6) is -0.813. The predicted octanol–water partition coefficient (Wildman–Crippen LogP) is 4.50. The maximum Gasteiger partial charge on any atom is 0.240 e. The molecule has 0 saturated carbocycles. The molecule has 0 heterocycles. The molecule has 32 heavy (non-hydrogen) atoms. The molecule has 0 aliphatic carbocycles. The Kier molecular flexibility index (Phi) is 6.83. The van der Waals surface area contributed by atoms with Gasteiger partial charge in [0.15, 0.2) is 0 Å². The molecule has 3 aromatic rings. The minimum Gasteiger partial charge on any atom is -0.368 e. The molecule has 0 spiro atoms. The second-order valence-electron chi connectivity index (χ2n) is 9.44. The van der Waals surface area contributed by atoms with Gasteiger partial charge in [-0.3, -0.25) is 9.59 Å². The van der Waals surface area contributed by atoms with Crippen LogP contribution in [-0.2, 0) is 26.8 Å². The summed E-state index contributed by atoms with van der Waals surface area (Å²) in [6.07, 6.45) is 0.338. The van der Waals surface area contributed by atoms with Crippen LogP contribution in [0, 0.1) is 0 Å². The first-order valence-electron chi connectivity index (χ1n) is 10.9. The molecule has 0 unspecified atom stereocenters. The number of carbonyl (C=O) groups excluding carboxylic acids is 2. The number of carbonyl (C=O) groups is 2. The van der Waals surface area contributed by atoms with E-state index >= 15 is 0 Å². The minimum atomic E-state index is -0.966. The lowest BCUT2D eigenvalue weighted by Crippen LogP contribution is -2.52. The van der Waals surface area contributed by atoms with Crippen molar-refractivity contribution in [2.75, 3.05) is 0 Å². The van der Waals surface area contributed by atoms with Gasteiger partial charge in [0.1, 0.15) is 6.04 Å². The summed E-state index contributed by atoms with van der Waals surface area (Å²) < 4.78 is 0. The Hall–Kier alpha value is -3.40. The normalized spacial score (nSPS) is 12.8. The van der Waals surface area contributed by atoms with Gasteiger partial charge in [0.2, 0.25) is 11.8 Å². The van der Waals surface area contributed by atoms with Gasteiger partial charge in [-0.1, -0.05) is 106 Å². The topological polar surface area (TPSA) is 72.2 Å². The summed E-state index contributed by atoms with van der Waals surface area (Å²) in [5, 5.41) is 2.93. The van der Waals surface area contributed by atoms with E-state index in [0.29, 0.717) is 6.42 Å². The maximum absolute atomic E-state index is 13.6. The molecule has 0 saturated heterocycles. The van der Waals surface area contributed by atoms with Crippen molar-refractivity contribution < 1.29 is 9.59 Å². The minimum absolute atomic E-state index is 0.0447. The number of hydrogen-bond donors (Lipinski definition) is 2. The van der Waals surface area contributed by atoms with Crippen molar-refractivity contribution in [3.05, 3.63) is 107 Å². The van der Waals surface area contributed by atoms with E-state index in [2.05, 4.69) is 38.2 Å². The maximum atomic E-state index is 13.6. The van der Waals surface area contributed by atoms with E-state index in [1.54, 1.807) is 0 Å². The molecule has 3 N–H and O–H groups in total. The summed E-state index contributed by atoms with van der Waals surface area (Å²) in [4.78, 5) is 25.9. The summed E-state index contributed by atoms with van der Waals surface area (Å²) >= 11 is 0. The molecule has 0 aliphatic rings. The van der Waals surface area contributed by atoms with Crippen molar-refractivity contribution in [1.29, 1.82) is 0 Å². The first kappa shape index (κ1) is 23.3. The molecular weight excluding hydrogens is 396 g/mol. The average Bonchev–Trinajstić information content (AvgIpc) is 2.78. The third kappa shape index (κ3) is 5.08. The van der Waals surface area contributed by atoms with Gasteiger partial charge >= 0.3 is 0 Å². The van der Waals surface area contributed by atoms with Crippen LogP contribution in [0.5, 0.6) is 0 Å². The Morgan fingerprint density at radius 3 is 1.62 bits per heavy atom. The van der Waals surface area contributed by atoms with Crippen molar-refractivity contribution in [2.24, 2.45) is 5.73 Å². The number of amides is 2. The van der Waals surface area contributed by atoms with Gasteiger partial charge in [0, 0.05) is 6.42 Å². The quantitative estimate of drug-likeness (QED) is 0.581. The third-order valence-electron chi connectivity index (χ3n) is 6.06. The highest BCUT2D eigenvalue weighted by atomic mass is 16.2. The molecule has 3 rings (SSSR count). The van der Waals surface area contributed by atoms with Crippen LogP contribution < -0.4 is 11.1 Å². The second-order valence-corrected chi connectivity index (χ2v) is 9.44. The number of nitrogens with one attached hydrogen (secondary N) is 1. The van der Waals surface area contributed by atoms with Gasteiger partial charge in [-0.25, -0.2) is 0 Å². The monoisotopic (exact) mass is 428 g/mol. The number of rotatable bonds is 7. The van der Waals surface area contributed by atoms with E-state index < -0.39 is 17.4 Å². The number of nitrogens with two attached hydrogens (primary N) is 1. The number of hydrogen-bond acceptors (Lipinski definition) is 2. The third-order valence-corrected chi connectivity index (χ3v) is 6.06. The molecule has 4 heteroatoms. The molecule has 2 amide bonds. The Morgan fingerprint density at radius 1 is 0.750 bits per heavy atom. The highest BCUT2D eigenvalue weighted by molar-refractivity contribution is 5.95. The van der Waals surface area contributed by atoms with E-state index in [1.807, 2.05) is 79.7 Å². The van der Waals surface area contributed by atoms with Crippen LogP contribution in [0.2, 0.25) is 0 Å². The van der Waals surface area contributed by atoms with E-state index in [0.717, 1.165) is 16.7 Å². The summed E-state index contributed by atoms with van der Waals surface area (Å²) in [5.41, 5.74) is 8.63. The molecule has 0 radical (unpaired) electrons. The molecule has 3 aromatic carbocycles. The molecule has 1 atom stereocenters. The fourth-order valence-electron chi connectivity index (χ4n) is 3.87. The Morgan fingerprint density at radius 2 is 1.22 bits per heavy atom. The number of benzene rings is 3. The Labute approximate surface area is 190 Å². The highest BCUT2D eigenvalue weighted by Crippen LogP contribution is 2.32. The summed E-state index contributed by atoms with van der Waals surface area (Å²) in [6.45, 7) is 8.34. The van der Waals surface area contributed by atoms with Crippen molar-refractivity contribution in [2.45, 2.75) is 51.0 Å². The van der Waals surface area contributed by atoms with E-state index in [-0.39, 0.29) is 11.3 Å². The van der Waals surface area contributed by atoms with Crippen molar-refractivity contribution >= 4 is 11.8 Å². The van der Waals surface area contributed by atoms with E-state index in [1.165, 1.54) is 5.56 Å². The number of primary amides is 1. The first-order chi connectivity index (χ1) is 15.1. The van der Waals surface area contributed by atoms with Crippen molar-refractivity contribution in [3.63, 3.8) is 0 Å². The standard InChI is InChI=1S/C28H32N2O2/c1-27(2,3)21-17-15-20(16-18-21)19-24(25(29)31)30-26(32)28(4,22-11-7-5-8-12-22)23-13-9-6-10-14-23/h5-18,24H,19H2,1-4H3,(H2,29,31)(H,30,32)/t24-/m1/s1. The van der Waals surface area contributed by atoms with Crippen LogP contribution >= 0.6 is 0 Å². The fourth-order valence-corrected chi connectivity index (χ4v) is 3.87. The second kappa shape index (κ2) is 9.39. The first-order valence-corrected chi connectivity index (χ1v) is 10.9. The van der Waals surface area contributed by atoms with Crippen LogP contribution in [0.25, 0.3) is 0 Å². The molecule has 0 bridgehead atoms. The SMILES string of the molecule is CC(C)(C)c1ccc(C[C@@H](NC(=O)C(C)(c2ccccc2)c2ccccc2)C(N)=O)cc1. The molecule has 0 fully saturated rings. The van der Waals surface area contributed by atoms with Crippen LogP contribution in [-0.4, -0.2) is 17.9 Å². The zero-order chi connectivity index (χ0) is 23.4. The van der Waals surface area contributed by atoms with Gasteiger partial charge in [-0.2, -0.15) is 0 Å². The van der Waals surface area contributed by atoms with E-state index in [9.17, 15) is 9.59 Å². The molecular formula is C28H32N2O2. The fraction of sp³-hybridized carbons (Fsp3) is 0.286. The van der Waals surface area contributed by atoms with Gasteiger partial charge < -0.3 is 11.1 Å². The van der Waals surface area contributed by atoms with Gasteiger partial charge in [-0.05, 0) is 34.6 Å². The van der Waals surface area contributed by atoms with Crippen LogP contribution in [0.15, 0.2) is 84.9 Å². The predicted molar refractivity (Wildman–Crippen MR) is 129 cm³/mol. The summed E-state index contributed by atoms with van der Waals surface area (Å²) in [6, 6.07) is 26.5. The van der Waals surface area contributed by atoms with Crippen LogP contribution in [0.3, 0.4) is 0 Å². The van der Waals surface area contributed by atoms with Gasteiger partial charge in [-0.15, -0.1) is 0 Å². The van der Waals surface area contributed by atoms with Gasteiger partial charge in [0.05, 0.1) is 5.41 Å². The van der Waals surface area contributed by atoms with Crippen molar-refractivity contribution in [3.8, 4) is 0 Å². The zero-order valence-electron chi connectivity index (χ0n) is 19.3. The molecule has 166 valence electrons. The van der Waals surface area contributed by atoms with Crippen LogP contribution in [0.1, 0.15) is 49.9 Å². The molecule has 0 aliphatic heterocycles. The Balaban J connectivity index is 1.88. The van der Waals surface area contributed by atoms with Crippen LogP contribution in [0.4, 0.5) is 0 Å². The van der Waals surface area contributed by atoms with Gasteiger partial charge in [0.25, 0.3) is 0 Å². The highest BCUT2D eigenvalue weighted by Gasteiger charge is 2.38. The smallest absolute Gasteiger partial charge is 0.240 e.